The van der Waals surface area contributed by atoms with Gasteiger partial charge in [0.25, 0.3) is 0 Å². The summed E-state index contributed by atoms with van der Waals surface area (Å²) in [5.74, 6) is 0.146. The first kappa shape index (κ1) is 34.4. The summed E-state index contributed by atoms with van der Waals surface area (Å²) in [6, 6.07) is 11.2. The van der Waals surface area contributed by atoms with E-state index in [2.05, 4.69) is 50.3 Å². The van der Waals surface area contributed by atoms with Crippen LogP contribution < -0.4 is 21.7 Å². The average Bonchev–Trinajstić information content (AvgIpc) is 3.49. The minimum atomic E-state index is -0.632. The maximum atomic E-state index is 11.6. The van der Waals surface area contributed by atoms with E-state index in [0.29, 0.717) is 62.8 Å². The molecule has 1 atom stereocenters. The Morgan fingerprint density at radius 3 is 2.44 bits per heavy atom. The Hall–Kier alpha value is -3.46. The number of fused-ring (bicyclic) bond motifs is 1. The lowest BCUT2D eigenvalue weighted by Crippen LogP contribution is -2.42. The van der Waals surface area contributed by atoms with Gasteiger partial charge in [0.1, 0.15) is 5.69 Å². The minimum Gasteiger partial charge on any atom is -0.377 e. The predicted molar refractivity (Wildman–Crippen MR) is 172 cm³/mol. The first-order chi connectivity index (χ1) is 21.8. The first-order valence-corrected chi connectivity index (χ1v) is 15.5. The van der Waals surface area contributed by atoms with Crippen molar-refractivity contribution in [3.63, 3.8) is 0 Å². The van der Waals surface area contributed by atoms with Crippen LogP contribution in [0.5, 0.6) is 0 Å². The minimum absolute atomic E-state index is 0.146. The number of hydrogen-bond acceptors (Lipinski definition) is 8. The Bertz CT molecular complexity index is 1410. The Morgan fingerprint density at radius 1 is 0.956 bits per heavy atom. The molecule has 244 valence electrons. The van der Waals surface area contributed by atoms with Crippen molar-refractivity contribution in [1.29, 1.82) is 0 Å². The number of hydrogen-bond donors (Lipinski definition) is 4. The monoisotopic (exact) mass is 662 g/mol. The van der Waals surface area contributed by atoms with E-state index in [1.165, 1.54) is 11.1 Å². The number of nitrogens with two attached hydrogens (primary N) is 1. The Balaban J connectivity index is 1.10. The zero-order valence-corrected chi connectivity index (χ0v) is 26.8. The van der Waals surface area contributed by atoms with Crippen LogP contribution in [0.1, 0.15) is 22.6 Å². The zero-order valence-electron chi connectivity index (χ0n) is 25.3. The third-order valence-corrected chi connectivity index (χ3v) is 7.62. The summed E-state index contributed by atoms with van der Waals surface area (Å²) in [5.41, 5.74) is 10.2. The number of carbonyl (C=O) groups excluding carboxylic acids is 2. The van der Waals surface area contributed by atoms with Crippen LogP contribution in [0, 0.1) is 0 Å². The van der Waals surface area contributed by atoms with Gasteiger partial charge in [-0.3, -0.25) is 0 Å². The Kier molecular flexibility index (Phi) is 13.7. The van der Waals surface area contributed by atoms with Gasteiger partial charge in [0.2, 0.25) is 0 Å². The maximum absolute atomic E-state index is 11.6. The fourth-order valence-electron chi connectivity index (χ4n) is 4.95. The van der Waals surface area contributed by atoms with Crippen molar-refractivity contribution in [3.8, 4) is 11.3 Å². The van der Waals surface area contributed by atoms with Gasteiger partial charge < -0.3 is 40.8 Å². The summed E-state index contributed by atoms with van der Waals surface area (Å²) in [6.07, 6.45) is 1.92. The topological polar surface area (TPSA) is 158 Å². The van der Waals surface area contributed by atoms with Gasteiger partial charge in [-0.25, -0.2) is 14.3 Å². The summed E-state index contributed by atoms with van der Waals surface area (Å²) in [4.78, 5) is 24.4. The molecule has 0 fully saturated rings. The number of carbonyl (C=O) groups is 2. The number of nitrogens with zero attached hydrogens (tertiary/aromatic N) is 4. The normalized spacial score (nSPS) is 14.6. The third-order valence-electron chi connectivity index (χ3n) is 7.07. The van der Waals surface area contributed by atoms with Crippen molar-refractivity contribution < 1.29 is 23.8 Å². The predicted octanol–water partition coefficient (Wildman–Crippen LogP) is 2.85. The number of nitrogens with one attached hydrogen (secondary N) is 3. The number of urea groups is 2. The van der Waals surface area contributed by atoms with Crippen LogP contribution in [0.2, 0.25) is 10.0 Å². The highest BCUT2D eigenvalue weighted by atomic mass is 35.5. The molecule has 1 aliphatic heterocycles. The molecule has 2 heterocycles. The van der Waals surface area contributed by atoms with E-state index in [-0.39, 0.29) is 25.0 Å². The van der Waals surface area contributed by atoms with Gasteiger partial charge in [0, 0.05) is 54.3 Å². The molecule has 0 spiro atoms. The lowest BCUT2D eigenvalue weighted by atomic mass is 9.84. The molecule has 1 aliphatic rings. The number of halogens is 2. The molecule has 13 nitrogen and oxygen atoms in total. The molecule has 3 aromatic rings. The molecule has 15 heteroatoms. The molecule has 0 radical (unpaired) electrons. The van der Waals surface area contributed by atoms with Crippen LogP contribution in [0.15, 0.2) is 42.6 Å². The van der Waals surface area contributed by atoms with Gasteiger partial charge >= 0.3 is 12.1 Å². The molecule has 5 N–H and O–H groups in total. The molecule has 1 aromatic heterocycles. The summed E-state index contributed by atoms with van der Waals surface area (Å²) in [6.45, 7) is 5.66. The van der Waals surface area contributed by atoms with Crippen molar-refractivity contribution >= 4 is 35.3 Å². The maximum Gasteiger partial charge on any atom is 0.314 e. The molecule has 0 saturated carbocycles. The summed E-state index contributed by atoms with van der Waals surface area (Å²) in [5, 5.41) is 17.6. The highest BCUT2D eigenvalue weighted by Crippen LogP contribution is 2.39. The van der Waals surface area contributed by atoms with Gasteiger partial charge in [-0.2, -0.15) is 0 Å². The number of benzene rings is 2. The lowest BCUT2D eigenvalue weighted by Gasteiger charge is -2.33. The van der Waals surface area contributed by atoms with Gasteiger partial charge in [0.15, 0.2) is 0 Å². The lowest BCUT2D eigenvalue weighted by molar-refractivity contribution is 0.0135. The van der Waals surface area contributed by atoms with Crippen molar-refractivity contribution in [1.82, 2.24) is 35.8 Å². The second kappa shape index (κ2) is 17.9. The van der Waals surface area contributed by atoms with Crippen molar-refractivity contribution in [2.75, 3.05) is 72.9 Å². The van der Waals surface area contributed by atoms with Crippen LogP contribution >= 0.6 is 23.2 Å². The number of primary amides is 1. The molecular weight excluding hydrogens is 623 g/mol. The molecule has 2 aromatic carbocycles. The van der Waals surface area contributed by atoms with Crippen molar-refractivity contribution in [2.45, 2.75) is 19.0 Å². The Labute approximate surface area is 272 Å². The summed E-state index contributed by atoms with van der Waals surface area (Å²) >= 11 is 12.9. The van der Waals surface area contributed by atoms with Gasteiger partial charge in [-0.1, -0.05) is 46.6 Å². The zero-order chi connectivity index (χ0) is 32.0. The largest absolute Gasteiger partial charge is 0.377 e. The van der Waals surface area contributed by atoms with E-state index < -0.39 is 6.03 Å². The molecule has 0 aliphatic carbocycles. The van der Waals surface area contributed by atoms with Crippen LogP contribution in [0.25, 0.3) is 11.3 Å². The summed E-state index contributed by atoms with van der Waals surface area (Å²) < 4.78 is 18.4. The number of amides is 4. The molecular formula is C30H40Cl2N8O5. The quantitative estimate of drug-likeness (QED) is 0.161. The third kappa shape index (κ3) is 11.1. The number of rotatable bonds is 17. The van der Waals surface area contributed by atoms with E-state index in [1.54, 1.807) is 4.68 Å². The fourth-order valence-corrected chi connectivity index (χ4v) is 5.52. The number of likely N-dealkylation sites (N-methyl/N-ethyl adjacent to an activating group) is 1. The standard InChI is InChI=1S/C30H40Cl2N8O5/c1-39-18-25(24-16-23(31)17-27(32)26(24)19-39)21-3-2-4-22(15-21)28-20-40(38-37-28)8-10-44-12-14-45-13-11-43-9-7-36-30(42)35-6-5-34-29(33)41/h2-4,15-17,20,25H,5-14,18-19H2,1H3,(H3,33,34,41)(H2,35,36,42)/t25-/m0/s1. The Morgan fingerprint density at radius 2 is 1.67 bits per heavy atom. The molecule has 45 heavy (non-hydrogen) atoms. The smallest absolute Gasteiger partial charge is 0.314 e. The van der Waals surface area contributed by atoms with E-state index in [9.17, 15) is 9.59 Å². The van der Waals surface area contributed by atoms with E-state index in [4.69, 9.17) is 43.1 Å². The van der Waals surface area contributed by atoms with E-state index in [1.807, 2.05) is 30.5 Å². The van der Waals surface area contributed by atoms with Crippen molar-refractivity contribution in [2.24, 2.45) is 5.73 Å². The van der Waals surface area contributed by atoms with E-state index >= 15 is 0 Å². The highest BCUT2D eigenvalue weighted by molar-refractivity contribution is 6.35. The first-order valence-electron chi connectivity index (χ1n) is 14.7. The molecule has 0 saturated heterocycles. The van der Waals surface area contributed by atoms with Crippen LogP contribution in [0.4, 0.5) is 9.59 Å². The van der Waals surface area contributed by atoms with Gasteiger partial charge in [-0.15, -0.1) is 5.10 Å². The van der Waals surface area contributed by atoms with Crippen LogP contribution in [0.3, 0.4) is 0 Å². The van der Waals surface area contributed by atoms with Crippen LogP contribution in [-0.4, -0.2) is 105 Å². The molecule has 4 rings (SSSR count). The van der Waals surface area contributed by atoms with E-state index in [0.717, 1.165) is 29.9 Å². The molecule has 0 unspecified atom stereocenters. The van der Waals surface area contributed by atoms with Gasteiger partial charge in [0.05, 0.1) is 52.4 Å². The van der Waals surface area contributed by atoms with Crippen molar-refractivity contribution in [3.05, 3.63) is 69.3 Å². The number of aromatic nitrogens is 3. The fraction of sp³-hybridized carbons (Fsp3) is 0.467. The molecule has 4 amide bonds. The highest BCUT2D eigenvalue weighted by Gasteiger charge is 2.27. The second-order valence-corrected chi connectivity index (χ2v) is 11.4. The average molecular weight is 664 g/mol. The second-order valence-electron chi connectivity index (χ2n) is 10.5. The summed E-state index contributed by atoms with van der Waals surface area (Å²) in [7, 11) is 2.10. The number of ether oxygens (including phenoxy) is 3. The molecule has 0 bridgehead atoms. The van der Waals surface area contributed by atoms with Crippen LogP contribution in [-0.2, 0) is 27.3 Å². The SMILES string of the molecule is CN1Cc2c(Cl)cc(Cl)cc2[C@H](c2cccc(-c3cn(CCOCCOCCOCCNC(=O)NCCNC(N)=O)nn3)c2)C1. The van der Waals surface area contributed by atoms with Gasteiger partial charge in [-0.05, 0) is 41.9 Å².